The second-order valence-electron chi connectivity index (χ2n) is 5.80. The molecule has 2 heterocycles. The Hall–Kier alpha value is -1.37. The maximum absolute atomic E-state index is 12.1. The zero-order valence-electron chi connectivity index (χ0n) is 13.1. The minimum Gasteiger partial charge on any atom is -0.379 e. The van der Waals surface area contributed by atoms with Gasteiger partial charge in [0.15, 0.2) is 0 Å². The van der Waals surface area contributed by atoms with E-state index in [-0.39, 0.29) is 5.91 Å². The summed E-state index contributed by atoms with van der Waals surface area (Å²) in [5.41, 5.74) is 1.07. The maximum atomic E-state index is 12.1. The van der Waals surface area contributed by atoms with Crippen molar-refractivity contribution in [1.82, 2.24) is 14.8 Å². The fourth-order valence-electron chi connectivity index (χ4n) is 2.86. The van der Waals surface area contributed by atoms with Crippen LogP contribution in [0.2, 0.25) is 0 Å². The van der Waals surface area contributed by atoms with Crippen LogP contribution >= 0.6 is 15.9 Å². The molecular formula is C17H22BrN3O2. The number of carbonyl (C=O) groups is 1. The molecule has 124 valence electrons. The van der Waals surface area contributed by atoms with Crippen LogP contribution in [-0.4, -0.2) is 54.8 Å². The van der Waals surface area contributed by atoms with Crippen LogP contribution in [0.1, 0.15) is 6.42 Å². The van der Waals surface area contributed by atoms with Gasteiger partial charge in [0, 0.05) is 35.8 Å². The summed E-state index contributed by atoms with van der Waals surface area (Å²) >= 11 is 3.48. The van der Waals surface area contributed by atoms with Gasteiger partial charge in [-0.1, -0.05) is 22.0 Å². The first-order valence-corrected chi connectivity index (χ1v) is 8.83. The molecule has 0 saturated carbocycles. The Morgan fingerprint density at radius 1 is 1.26 bits per heavy atom. The molecule has 1 aromatic carbocycles. The van der Waals surface area contributed by atoms with E-state index in [0.29, 0.717) is 6.54 Å². The fraction of sp³-hybridized carbons (Fsp3) is 0.471. The maximum Gasteiger partial charge on any atom is 0.239 e. The van der Waals surface area contributed by atoms with Crippen LogP contribution in [0, 0.1) is 0 Å². The summed E-state index contributed by atoms with van der Waals surface area (Å²) in [6.07, 6.45) is 2.94. The molecule has 1 amide bonds. The topological polar surface area (TPSA) is 46.5 Å². The Morgan fingerprint density at radius 3 is 2.91 bits per heavy atom. The van der Waals surface area contributed by atoms with Crippen LogP contribution in [0.4, 0.5) is 0 Å². The van der Waals surface area contributed by atoms with E-state index in [1.807, 2.05) is 29.0 Å². The summed E-state index contributed by atoms with van der Waals surface area (Å²) in [5.74, 6) is 0.0597. The minimum absolute atomic E-state index is 0.0597. The Balaban J connectivity index is 1.44. The van der Waals surface area contributed by atoms with Crippen LogP contribution in [0.3, 0.4) is 0 Å². The first kappa shape index (κ1) is 16.5. The molecule has 0 unspecified atom stereocenters. The molecule has 1 N–H and O–H groups in total. The molecule has 0 aliphatic carbocycles. The van der Waals surface area contributed by atoms with Gasteiger partial charge in [-0.05, 0) is 36.6 Å². The molecule has 23 heavy (non-hydrogen) atoms. The Morgan fingerprint density at radius 2 is 2.09 bits per heavy atom. The lowest BCUT2D eigenvalue weighted by molar-refractivity contribution is -0.121. The zero-order valence-corrected chi connectivity index (χ0v) is 14.7. The third kappa shape index (κ3) is 4.56. The van der Waals surface area contributed by atoms with Crippen molar-refractivity contribution in [2.75, 3.05) is 39.4 Å². The smallest absolute Gasteiger partial charge is 0.239 e. The summed E-state index contributed by atoms with van der Waals surface area (Å²) < 4.78 is 8.34. The van der Waals surface area contributed by atoms with Crippen molar-refractivity contribution < 1.29 is 9.53 Å². The fourth-order valence-corrected chi connectivity index (χ4v) is 3.21. The van der Waals surface area contributed by atoms with Crippen molar-refractivity contribution in [1.29, 1.82) is 0 Å². The molecule has 2 aromatic rings. The predicted molar refractivity (Wildman–Crippen MR) is 94.5 cm³/mol. The van der Waals surface area contributed by atoms with Crippen molar-refractivity contribution in [2.24, 2.45) is 0 Å². The number of amides is 1. The number of benzene rings is 1. The van der Waals surface area contributed by atoms with E-state index in [4.69, 9.17) is 4.74 Å². The number of hydrogen-bond donors (Lipinski definition) is 1. The van der Waals surface area contributed by atoms with Crippen molar-refractivity contribution in [2.45, 2.75) is 13.0 Å². The molecule has 1 aliphatic rings. The molecule has 1 aliphatic heterocycles. The highest BCUT2D eigenvalue weighted by Gasteiger charge is 2.10. The molecule has 0 atom stereocenters. The van der Waals surface area contributed by atoms with Gasteiger partial charge < -0.3 is 14.6 Å². The molecular weight excluding hydrogens is 358 g/mol. The normalized spacial score (nSPS) is 15.9. The number of hydrogen-bond acceptors (Lipinski definition) is 3. The van der Waals surface area contributed by atoms with E-state index in [0.717, 1.165) is 61.2 Å². The number of morpholine rings is 1. The quantitative estimate of drug-likeness (QED) is 0.782. The monoisotopic (exact) mass is 379 g/mol. The van der Waals surface area contributed by atoms with E-state index in [1.54, 1.807) is 0 Å². The molecule has 3 rings (SSSR count). The van der Waals surface area contributed by atoms with Gasteiger partial charge in [0.05, 0.1) is 13.2 Å². The number of carbonyl (C=O) groups excluding carboxylic acids is 1. The molecule has 0 spiro atoms. The van der Waals surface area contributed by atoms with Gasteiger partial charge in [-0.3, -0.25) is 9.69 Å². The second kappa shape index (κ2) is 7.95. The summed E-state index contributed by atoms with van der Waals surface area (Å²) in [5, 5.41) is 4.16. The van der Waals surface area contributed by atoms with E-state index in [1.165, 1.54) is 0 Å². The number of nitrogens with one attached hydrogen (secondary N) is 1. The average molecular weight is 380 g/mol. The van der Waals surface area contributed by atoms with Gasteiger partial charge in [-0.15, -0.1) is 0 Å². The van der Waals surface area contributed by atoms with E-state index < -0.39 is 0 Å². The van der Waals surface area contributed by atoms with Crippen molar-refractivity contribution in [3.05, 3.63) is 34.9 Å². The summed E-state index contributed by atoms with van der Waals surface area (Å²) in [6, 6.07) is 8.14. The van der Waals surface area contributed by atoms with E-state index >= 15 is 0 Å². The SMILES string of the molecule is O=C(Cn1ccc2ccc(Br)cc21)NCCCN1CCOCC1. The number of nitrogens with zero attached hydrogens (tertiary/aromatic N) is 2. The lowest BCUT2D eigenvalue weighted by atomic mass is 10.2. The average Bonchev–Trinajstić information content (AvgIpc) is 2.95. The predicted octanol–water partition coefficient (Wildman–Crippen LogP) is 2.24. The van der Waals surface area contributed by atoms with Gasteiger partial charge in [-0.25, -0.2) is 0 Å². The van der Waals surface area contributed by atoms with Crippen LogP contribution in [0.25, 0.3) is 10.9 Å². The lowest BCUT2D eigenvalue weighted by Crippen LogP contribution is -2.38. The Labute approximate surface area is 144 Å². The highest BCUT2D eigenvalue weighted by atomic mass is 79.9. The molecule has 0 radical (unpaired) electrons. The van der Waals surface area contributed by atoms with Gasteiger partial charge in [0.25, 0.3) is 0 Å². The van der Waals surface area contributed by atoms with Crippen LogP contribution in [-0.2, 0) is 16.1 Å². The third-order valence-electron chi connectivity index (χ3n) is 4.13. The lowest BCUT2D eigenvalue weighted by Gasteiger charge is -2.26. The minimum atomic E-state index is 0.0597. The summed E-state index contributed by atoms with van der Waals surface area (Å²) in [4.78, 5) is 14.5. The molecule has 0 bridgehead atoms. The van der Waals surface area contributed by atoms with Crippen LogP contribution in [0.5, 0.6) is 0 Å². The van der Waals surface area contributed by atoms with Gasteiger partial charge in [-0.2, -0.15) is 0 Å². The Bertz CT molecular complexity index is 665. The van der Waals surface area contributed by atoms with Crippen LogP contribution < -0.4 is 5.32 Å². The molecule has 1 aromatic heterocycles. The third-order valence-corrected chi connectivity index (χ3v) is 4.62. The molecule has 1 saturated heterocycles. The number of rotatable bonds is 6. The molecule has 5 nitrogen and oxygen atoms in total. The molecule has 6 heteroatoms. The number of fused-ring (bicyclic) bond motifs is 1. The van der Waals surface area contributed by atoms with E-state index in [9.17, 15) is 4.79 Å². The highest BCUT2D eigenvalue weighted by molar-refractivity contribution is 9.10. The number of halogens is 1. The Kier molecular flexibility index (Phi) is 5.70. The van der Waals surface area contributed by atoms with Gasteiger partial charge in [0.1, 0.15) is 6.54 Å². The standard InChI is InChI=1S/C17H22BrN3O2/c18-15-3-2-14-4-7-21(16(14)12-15)13-17(22)19-5-1-6-20-8-10-23-11-9-20/h2-4,7,12H,1,5-6,8-11,13H2,(H,19,22). The van der Waals surface area contributed by atoms with E-state index in [2.05, 4.69) is 32.2 Å². The molecule has 1 fully saturated rings. The highest BCUT2D eigenvalue weighted by Crippen LogP contribution is 2.20. The van der Waals surface area contributed by atoms with Crippen molar-refractivity contribution in [3.8, 4) is 0 Å². The summed E-state index contributed by atoms with van der Waals surface area (Å²) in [6.45, 7) is 5.74. The summed E-state index contributed by atoms with van der Waals surface area (Å²) in [7, 11) is 0. The second-order valence-corrected chi connectivity index (χ2v) is 6.72. The number of ether oxygens (including phenoxy) is 1. The first-order valence-electron chi connectivity index (χ1n) is 8.03. The number of aromatic nitrogens is 1. The van der Waals surface area contributed by atoms with Gasteiger partial charge in [0.2, 0.25) is 5.91 Å². The first-order chi connectivity index (χ1) is 11.2. The van der Waals surface area contributed by atoms with Crippen molar-refractivity contribution in [3.63, 3.8) is 0 Å². The van der Waals surface area contributed by atoms with Crippen LogP contribution in [0.15, 0.2) is 34.9 Å². The zero-order chi connectivity index (χ0) is 16.1. The van der Waals surface area contributed by atoms with Gasteiger partial charge >= 0.3 is 0 Å². The van der Waals surface area contributed by atoms with Crippen molar-refractivity contribution >= 4 is 32.7 Å². The largest absolute Gasteiger partial charge is 0.379 e.